The zero-order valence-electron chi connectivity index (χ0n) is 15.9. The largest absolute Gasteiger partial charge is 0.494 e. The molecule has 2 nitrogen and oxygen atoms in total. The summed E-state index contributed by atoms with van der Waals surface area (Å²) < 4.78 is 11.2. The fraction of sp³-hybridized carbons (Fsp3) is 0.250. The van der Waals surface area contributed by atoms with Crippen molar-refractivity contribution in [2.45, 2.75) is 25.1 Å². The van der Waals surface area contributed by atoms with Crippen molar-refractivity contribution in [1.82, 2.24) is 0 Å². The molecule has 3 aromatic rings. The fourth-order valence-corrected chi connectivity index (χ4v) is 4.82. The summed E-state index contributed by atoms with van der Waals surface area (Å²) in [6.07, 6.45) is 0. The van der Waals surface area contributed by atoms with Gasteiger partial charge < -0.3 is 9.47 Å². The molecule has 0 amide bonds. The number of alkyl halides is 1. The zero-order valence-corrected chi connectivity index (χ0v) is 17.5. The van der Waals surface area contributed by atoms with Crippen LogP contribution in [-0.4, -0.2) is 13.2 Å². The third-order valence-electron chi connectivity index (χ3n) is 5.05. The molecule has 0 fully saturated rings. The molecule has 0 unspecified atom stereocenters. The van der Waals surface area contributed by atoms with Crippen molar-refractivity contribution in [2.24, 2.45) is 0 Å². The van der Waals surface area contributed by atoms with Crippen LogP contribution in [0.25, 0.3) is 11.1 Å². The molecule has 1 aliphatic rings. The average Bonchev–Trinajstić information content (AvgIpc) is 2.92. The molecular weight excluding hydrogens is 400 g/mol. The highest BCUT2D eigenvalue weighted by Crippen LogP contribution is 2.57. The molecule has 0 aliphatic heterocycles. The van der Waals surface area contributed by atoms with E-state index < -0.39 is 4.32 Å². The molecule has 27 heavy (non-hydrogen) atoms. The summed E-state index contributed by atoms with van der Waals surface area (Å²) >= 11 is 4.15. The van der Waals surface area contributed by atoms with Gasteiger partial charge in [-0.15, -0.1) is 0 Å². The number of aryl methyl sites for hydroxylation is 1. The van der Waals surface area contributed by atoms with Gasteiger partial charge in [-0.3, -0.25) is 0 Å². The van der Waals surface area contributed by atoms with Gasteiger partial charge in [-0.2, -0.15) is 0 Å². The number of fused-ring (bicyclic) bond motifs is 3. The number of hydrogen-bond donors (Lipinski definition) is 0. The van der Waals surface area contributed by atoms with Gasteiger partial charge in [0, 0.05) is 0 Å². The Hall–Kier alpha value is -2.26. The van der Waals surface area contributed by atoms with E-state index >= 15 is 0 Å². The van der Waals surface area contributed by atoms with E-state index in [2.05, 4.69) is 83.5 Å². The second-order valence-corrected chi connectivity index (χ2v) is 8.00. The maximum atomic E-state index is 5.80. The van der Waals surface area contributed by atoms with Crippen LogP contribution in [-0.2, 0) is 4.32 Å². The summed E-state index contributed by atoms with van der Waals surface area (Å²) in [5.74, 6) is 1.79. The Morgan fingerprint density at radius 2 is 1.33 bits per heavy atom. The molecule has 0 aromatic heterocycles. The van der Waals surface area contributed by atoms with E-state index in [1.165, 1.54) is 33.4 Å². The summed E-state index contributed by atoms with van der Waals surface area (Å²) in [5, 5.41) is 0. The van der Waals surface area contributed by atoms with Crippen LogP contribution in [0.3, 0.4) is 0 Å². The van der Waals surface area contributed by atoms with Crippen LogP contribution in [0.4, 0.5) is 0 Å². The first-order valence-corrected chi connectivity index (χ1v) is 10.2. The number of halogens is 1. The lowest BCUT2D eigenvalue weighted by molar-refractivity contribution is 0.340. The standard InChI is InChI=1S/C24H23BrO2/c1-4-26-18-9-11-20-21-12-10-19(27-5-2)15-23(21)24(25,22(20)14-18)17-8-6-7-16(3)13-17/h6-15H,4-5H2,1-3H3. The molecule has 0 N–H and O–H groups in total. The van der Waals surface area contributed by atoms with E-state index in [1.54, 1.807) is 0 Å². The lowest BCUT2D eigenvalue weighted by Crippen LogP contribution is -2.19. The molecule has 0 saturated heterocycles. The minimum absolute atomic E-state index is 0.427. The van der Waals surface area contributed by atoms with E-state index in [0.717, 1.165) is 11.5 Å². The fourth-order valence-electron chi connectivity index (χ4n) is 3.91. The first kappa shape index (κ1) is 18.1. The van der Waals surface area contributed by atoms with Crippen LogP contribution in [0.5, 0.6) is 11.5 Å². The van der Waals surface area contributed by atoms with Crippen molar-refractivity contribution >= 4 is 15.9 Å². The molecule has 4 rings (SSSR count). The van der Waals surface area contributed by atoms with E-state index in [0.29, 0.717) is 13.2 Å². The van der Waals surface area contributed by atoms with Crippen LogP contribution < -0.4 is 9.47 Å². The highest BCUT2D eigenvalue weighted by Gasteiger charge is 2.43. The Morgan fingerprint density at radius 1 is 0.778 bits per heavy atom. The lowest BCUT2D eigenvalue weighted by Gasteiger charge is -2.27. The van der Waals surface area contributed by atoms with E-state index in [4.69, 9.17) is 9.47 Å². The quantitative estimate of drug-likeness (QED) is 0.439. The summed E-state index contributed by atoms with van der Waals surface area (Å²) in [7, 11) is 0. The molecule has 0 saturated carbocycles. The molecule has 0 radical (unpaired) electrons. The van der Waals surface area contributed by atoms with Gasteiger partial charge in [0.1, 0.15) is 15.8 Å². The molecule has 0 atom stereocenters. The number of benzene rings is 3. The molecule has 0 heterocycles. The Bertz CT molecular complexity index is 938. The van der Waals surface area contributed by atoms with Crippen LogP contribution in [0, 0.1) is 6.92 Å². The average molecular weight is 423 g/mol. The first-order chi connectivity index (χ1) is 13.1. The summed E-state index contributed by atoms with van der Waals surface area (Å²) in [4.78, 5) is 0. The number of hydrogen-bond acceptors (Lipinski definition) is 2. The van der Waals surface area contributed by atoms with E-state index in [-0.39, 0.29) is 0 Å². The van der Waals surface area contributed by atoms with Crippen molar-refractivity contribution in [3.63, 3.8) is 0 Å². The predicted octanol–water partition coefficient (Wildman–Crippen LogP) is 6.46. The topological polar surface area (TPSA) is 18.5 Å². The Balaban J connectivity index is 1.99. The lowest BCUT2D eigenvalue weighted by atomic mass is 9.88. The van der Waals surface area contributed by atoms with Gasteiger partial charge in [-0.1, -0.05) is 57.9 Å². The Labute approximate surface area is 169 Å². The summed E-state index contributed by atoms with van der Waals surface area (Å²) in [6, 6.07) is 21.4. The van der Waals surface area contributed by atoms with Gasteiger partial charge in [0.05, 0.1) is 13.2 Å². The van der Waals surface area contributed by atoms with Gasteiger partial charge in [0.25, 0.3) is 0 Å². The van der Waals surface area contributed by atoms with Crippen molar-refractivity contribution in [3.8, 4) is 22.6 Å². The molecule has 0 spiro atoms. The zero-order chi connectivity index (χ0) is 19.0. The minimum Gasteiger partial charge on any atom is -0.494 e. The van der Waals surface area contributed by atoms with Crippen molar-refractivity contribution < 1.29 is 9.47 Å². The summed E-state index contributed by atoms with van der Waals surface area (Å²) in [6.45, 7) is 7.46. The second kappa shape index (κ2) is 7.05. The van der Waals surface area contributed by atoms with E-state index in [1.807, 2.05) is 13.8 Å². The highest BCUT2D eigenvalue weighted by molar-refractivity contribution is 9.10. The number of rotatable bonds is 5. The van der Waals surface area contributed by atoms with Gasteiger partial charge in [0.15, 0.2) is 0 Å². The van der Waals surface area contributed by atoms with Gasteiger partial charge in [0.2, 0.25) is 0 Å². The minimum atomic E-state index is -0.427. The predicted molar refractivity (Wildman–Crippen MR) is 114 cm³/mol. The molecular formula is C24H23BrO2. The molecule has 138 valence electrons. The van der Waals surface area contributed by atoms with Crippen LogP contribution in [0.15, 0.2) is 60.7 Å². The van der Waals surface area contributed by atoms with Gasteiger partial charge in [-0.25, -0.2) is 0 Å². The summed E-state index contributed by atoms with van der Waals surface area (Å²) in [5.41, 5.74) is 7.34. The molecule has 0 bridgehead atoms. The van der Waals surface area contributed by atoms with Gasteiger partial charge in [-0.05, 0) is 72.9 Å². The third kappa shape index (κ3) is 2.94. The van der Waals surface area contributed by atoms with Gasteiger partial charge >= 0.3 is 0 Å². The van der Waals surface area contributed by atoms with Crippen molar-refractivity contribution in [3.05, 3.63) is 82.9 Å². The van der Waals surface area contributed by atoms with E-state index in [9.17, 15) is 0 Å². The highest BCUT2D eigenvalue weighted by atomic mass is 79.9. The normalized spacial score (nSPS) is 13.8. The molecule has 3 aromatic carbocycles. The van der Waals surface area contributed by atoms with Crippen LogP contribution in [0.2, 0.25) is 0 Å². The smallest absolute Gasteiger partial charge is 0.119 e. The SMILES string of the molecule is CCOc1ccc2c(c1)C(Br)(c1cccc(C)c1)c1cc(OCC)ccc1-2. The first-order valence-electron chi connectivity index (χ1n) is 9.39. The van der Waals surface area contributed by atoms with Crippen LogP contribution in [0.1, 0.15) is 36.1 Å². The number of ether oxygens (including phenoxy) is 2. The molecule has 3 heteroatoms. The Morgan fingerprint density at radius 3 is 1.81 bits per heavy atom. The monoisotopic (exact) mass is 422 g/mol. The third-order valence-corrected chi connectivity index (χ3v) is 6.36. The van der Waals surface area contributed by atoms with Crippen molar-refractivity contribution in [2.75, 3.05) is 13.2 Å². The Kier molecular flexibility index (Phi) is 4.73. The second-order valence-electron chi connectivity index (χ2n) is 6.81. The van der Waals surface area contributed by atoms with Crippen LogP contribution >= 0.6 is 15.9 Å². The molecule has 1 aliphatic carbocycles. The van der Waals surface area contributed by atoms with Crippen molar-refractivity contribution in [1.29, 1.82) is 0 Å². The maximum Gasteiger partial charge on any atom is 0.119 e. The maximum absolute atomic E-state index is 5.80.